The summed E-state index contributed by atoms with van der Waals surface area (Å²) in [6.45, 7) is 0. The summed E-state index contributed by atoms with van der Waals surface area (Å²) in [5.41, 5.74) is -0.0706. The maximum atomic E-state index is 10.5. The molecule has 2 N–H and O–H groups in total. The first-order valence-electron chi connectivity index (χ1n) is 3.36. The summed E-state index contributed by atoms with van der Waals surface area (Å²) in [5, 5.41) is 17.8. The van der Waals surface area contributed by atoms with Crippen LogP contribution < -0.4 is 4.74 Å². The molecule has 1 aromatic rings. The molecule has 0 aliphatic heterocycles. The summed E-state index contributed by atoms with van der Waals surface area (Å²) in [5.74, 6) is -1.32. The molecule has 0 saturated heterocycles. The second-order valence-electron chi connectivity index (χ2n) is 2.32. The zero-order chi connectivity index (χ0) is 10.0. The van der Waals surface area contributed by atoms with Crippen molar-refractivity contribution in [1.82, 2.24) is 0 Å². The smallest absolute Gasteiger partial charge is 0.335 e. The number of phenolic OH excluding ortho intramolecular Hbond substituents is 1. The minimum atomic E-state index is -1.15. The fourth-order valence-electron chi connectivity index (χ4n) is 0.855. The lowest BCUT2D eigenvalue weighted by Gasteiger charge is -2.05. The fourth-order valence-corrected chi connectivity index (χ4v) is 1.04. The highest BCUT2D eigenvalue weighted by atomic mass is 35.5. The molecule has 0 aliphatic rings. The number of halogens is 1. The number of hydrogen-bond donors (Lipinski definition) is 2. The number of phenols is 1. The molecule has 0 aliphatic carbocycles. The minimum Gasteiger partial charge on any atom is -0.506 e. The van der Waals surface area contributed by atoms with Crippen LogP contribution in [-0.4, -0.2) is 23.3 Å². The number of aromatic hydroxyl groups is 1. The summed E-state index contributed by atoms with van der Waals surface area (Å²) in [6, 6.07) is 2.30. The molecule has 4 nitrogen and oxygen atoms in total. The van der Waals surface area contributed by atoms with E-state index in [-0.39, 0.29) is 22.1 Å². The lowest BCUT2D eigenvalue weighted by molar-refractivity contribution is 0.0696. The van der Waals surface area contributed by atoms with Crippen LogP contribution in [0.25, 0.3) is 0 Å². The van der Waals surface area contributed by atoms with Gasteiger partial charge in [0.2, 0.25) is 0 Å². The number of ether oxygens (including phenoxy) is 1. The number of aromatic carboxylic acids is 1. The van der Waals surface area contributed by atoms with E-state index in [1.54, 1.807) is 0 Å². The molecule has 5 heteroatoms. The van der Waals surface area contributed by atoms with Crippen molar-refractivity contribution < 1.29 is 19.7 Å². The standard InChI is InChI=1S/C8H7ClO4/c1-13-6-3-4(8(11)12)2-5(10)7(6)9/h2-3,10H,1H3,(H,11,12). The molecule has 1 aromatic carbocycles. The van der Waals surface area contributed by atoms with Gasteiger partial charge in [0.1, 0.15) is 16.5 Å². The quantitative estimate of drug-likeness (QED) is 0.767. The van der Waals surface area contributed by atoms with Gasteiger partial charge in [0, 0.05) is 0 Å². The van der Waals surface area contributed by atoms with E-state index in [1.807, 2.05) is 0 Å². The average molecular weight is 203 g/mol. The van der Waals surface area contributed by atoms with Crippen LogP contribution in [0.3, 0.4) is 0 Å². The second-order valence-corrected chi connectivity index (χ2v) is 2.69. The highest BCUT2D eigenvalue weighted by molar-refractivity contribution is 6.33. The van der Waals surface area contributed by atoms with Crippen LogP contribution in [0.5, 0.6) is 11.5 Å². The number of carboxylic acid groups (broad SMARTS) is 1. The highest BCUT2D eigenvalue weighted by Gasteiger charge is 2.12. The molecule has 70 valence electrons. The monoisotopic (exact) mass is 202 g/mol. The van der Waals surface area contributed by atoms with Gasteiger partial charge in [0.05, 0.1) is 12.7 Å². The van der Waals surface area contributed by atoms with Gasteiger partial charge in [-0.15, -0.1) is 0 Å². The number of benzene rings is 1. The Morgan fingerprint density at radius 2 is 2.15 bits per heavy atom. The Labute approximate surface area is 79.3 Å². The van der Waals surface area contributed by atoms with Crippen LogP contribution in [0, 0.1) is 0 Å². The zero-order valence-corrected chi connectivity index (χ0v) is 7.50. The fraction of sp³-hybridized carbons (Fsp3) is 0.125. The maximum absolute atomic E-state index is 10.5. The molecule has 0 fully saturated rings. The summed E-state index contributed by atoms with van der Waals surface area (Å²) < 4.78 is 4.76. The molecule has 0 spiro atoms. The number of carbonyl (C=O) groups is 1. The van der Waals surface area contributed by atoms with Gasteiger partial charge in [0.15, 0.2) is 0 Å². The molecule has 0 bridgehead atoms. The van der Waals surface area contributed by atoms with Gasteiger partial charge in [-0.2, -0.15) is 0 Å². The topological polar surface area (TPSA) is 66.8 Å². The Morgan fingerprint density at radius 1 is 1.54 bits per heavy atom. The molecule has 13 heavy (non-hydrogen) atoms. The van der Waals surface area contributed by atoms with Crippen molar-refractivity contribution >= 4 is 17.6 Å². The third-order valence-electron chi connectivity index (χ3n) is 1.49. The summed E-state index contributed by atoms with van der Waals surface area (Å²) in [6.07, 6.45) is 0. The summed E-state index contributed by atoms with van der Waals surface area (Å²) >= 11 is 5.60. The van der Waals surface area contributed by atoms with Gasteiger partial charge < -0.3 is 14.9 Å². The van der Waals surface area contributed by atoms with E-state index in [0.29, 0.717) is 0 Å². The van der Waals surface area contributed by atoms with Crippen LogP contribution in [0.2, 0.25) is 5.02 Å². The molecule has 0 saturated carbocycles. The van der Waals surface area contributed by atoms with E-state index in [4.69, 9.17) is 21.4 Å². The third kappa shape index (κ3) is 1.84. The second kappa shape index (κ2) is 3.53. The third-order valence-corrected chi connectivity index (χ3v) is 1.87. The predicted octanol–water partition coefficient (Wildman–Crippen LogP) is 1.75. The minimum absolute atomic E-state index is 0.00694. The van der Waals surface area contributed by atoms with Gasteiger partial charge >= 0.3 is 5.97 Å². The molecule has 0 amide bonds. The summed E-state index contributed by atoms with van der Waals surface area (Å²) in [4.78, 5) is 10.5. The largest absolute Gasteiger partial charge is 0.506 e. The van der Waals surface area contributed by atoms with E-state index < -0.39 is 5.97 Å². The van der Waals surface area contributed by atoms with Crippen LogP contribution in [0.15, 0.2) is 12.1 Å². The van der Waals surface area contributed by atoms with Crippen molar-refractivity contribution in [3.8, 4) is 11.5 Å². The Bertz CT molecular complexity index is 348. The lowest BCUT2D eigenvalue weighted by atomic mass is 10.2. The van der Waals surface area contributed by atoms with Gasteiger partial charge in [-0.25, -0.2) is 4.79 Å². The maximum Gasteiger partial charge on any atom is 0.335 e. The molecular weight excluding hydrogens is 196 g/mol. The SMILES string of the molecule is COc1cc(C(=O)O)cc(O)c1Cl. The van der Waals surface area contributed by atoms with Crippen LogP contribution in [0.1, 0.15) is 10.4 Å². The lowest BCUT2D eigenvalue weighted by Crippen LogP contribution is -1.97. The molecule has 0 heterocycles. The van der Waals surface area contributed by atoms with Crippen LogP contribution in [-0.2, 0) is 0 Å². The summed E-state index contributed by atoms with van der Waals surface area (Å²) in [7, 11) is 1.34. The Kier molecular flexibility index (Phi) is 2.63. The highest BCUT2D eigenvalue weighted by Crippen LogP contribution is 2.34. The van der Waals surface area contributed by atoms with Gasteiger partial charge in [-0.05, 0) is 12.1 Å². The molecule has 0 radical (unpaired) electrons. The van der Waals surface area contributed by atoms with Crippen molar-refractivity contribution in [3.63, 3.8) is 0 Å². The Hall–Kier alpha value is -1.42. The molecule has 0 unspecified atom stereocenters. The van der Waals surface area contributed by atoms with E-state index >= 15 is 0 Å². The Morgan fingerprint density at radius 3 is 2.62 bits per heavy atom. The zero-order valence-electron chi connectivity index (χ0n) is 6.74. The number of hydrogen-bond acceptors (Lipinski definition) is 3. The van der Waals surface area contributed by atoms with Gasteiger partial charge in [-0.1, -0.05) is 11.6 Å². The molecule has 1 rings (SSSR count). The molecular formula is C8H7ClO4. The predicted molar refractivity (Wildman–Crippen MR) is 46.6 cm³/mol. The van der Waals surface area contributed by atoms with Crippen molar-refractivity contribution in [2.45, 2.75) is 0 Å². The van der Waals surface area contributed by atoms with Crippen molar-refractivity contribution in [1.29, 1.82) is 0 Å². The number of carboxylic acids is 1. The van der Waals surface area contributed by atoms with Crippen LogP contribution in [0.4, 0.5) is 0 Å². The van der Waals surface area contributed by atoms with Gasteiger partial charge in [-0.3, -0.25) is 0 Å². The molecule has 0 aromatic heterocycles. The van der Waals surface area contributed by atoms with E-state index in [0.717, 1.165) is 6.07 Å². The van der Waals surface area contributed by atoms with Crippen molar-refractivity contribution in [2.24, 2.45) is 0 Å². The first-order chi connectivity index (χ1) is 6.06. The molecule has 0 atom stereocenters. The van der Waals surface area contributed by atoms with E-state index in [1.165, 1.54) is 13.2 Å². The normalized spacial score (nSPS) is 9.69. The Balaban J connectivity index is 3.30. The van der Waals surface area contributed by atoms with Crippen LogP contribution >= 0.6 is 11.6 Å². The van der Waals surface area contributed by atoms with E-state index in [9.17, 15) is 9.90 Å². The van der Waals surface area contributed by atoms with E-state index in [2.05, 4.69) is 0 Å². The van der Waals surface area contributed by atoms with Gasteiger partial charge in [0.25, 0.3) is 0 Å². The first kappa shape index (κ1) is 9.67. The van der Waals surface area contributed by atoms with Crippen molar-refractivity contribution in [3.05, 3.63) is 22.7 Å². The first-order valence-corrected chi connectivity index (χ1v) is 3.74. The average Bonchev–Trinajstić information content (AvgIpc) is 2.09. The van der Waals surface area contributed by atoms with Crippen molar-refractivity contribution in [2.75, 3.05) is 7.11 Å². The number of methoxy groups -OCH3 is 1. The number of rotatable bonds is 2.